The van der Waals surface area contributed by atoms with Gasteiger partial charge in [0.2, 0.25) is 5.88 Å². The second kappa shape index (κ2) is 6.95. The zero-order chi connectivity index (χ0) is 18.7. The van der Waals surface area contributed by atoms with Crippen molar-refractivity contribution in [2.75, 3.05) is 7.11 Å². The fraction of sp³-hybridized carbons (Fsp3) is 0.118. The lowest BCUT2D eigenvalue weighted by atomic mass is 10.1. The van der Waals surface area contributed by atoms with Crippen LogP contribution in [0.3, 0.4) is 0 Å². The highest BCUT2D eigenvalue weighted by atomic mass is 19.4. The summed E-state index contributed by atoms with van der Waals surface area (Å²) < 4.78 is 62.1. The summed E-state index contributed by atoms with van der Waals surface area (Å²) in [5, 5.41) is 0. The van der Waals surface area contributed by atoms with Crippen LogP contribution in [0.5, 0.6) is 17.4 Å². The molecule has 0 atom stereocenters. The molecule has 0 N–H and O–H groups in total. The summed E-state index contributed by atoms with van der Waals surface area (Å²) >= 11 is 0. The summed E-state index contributed by atoms with van der Waals surface area (Å²) in [6.45, 7) is 0. The Bertz CT molecular complexity index is 915. The topological polar surface area (TPSA) is 57.1 Å². The van der Waals surface area contributed by atoms with Crippen LogP contribution in [0.2, 0.25) is 0 Å². The number of rotatable bonds is 4. The third-order valence-corrected chi connectivity index (χ3v) is 3.37. The third kappa shape index (κ3) is 3.71. The van der Waals surface area contributed by atoms with Crippen LogP contribution in [0.1, 0.15) is 5.69 Å². The lowest BCUT2D eigenvalue weighted by Gasteiger charge is -2.13. The predicted molar refractivity (Wildman–Crippen MR) is 83.3 cm³/mol. The van der Waals surface area contributed by atoms with Crippen LogP contribution in [-0.2, 0) is 6.18 Å². The predicted octanol–water partition coefficient (Wildman–Crippen LogP) is 4.50. The summed E-state index contributed by atoms with van der Waals surface area (Å²) in [6.07, 6.45) is -1.04. The Balaban J connectivity index is 1.97. The lowest BCUT2D eigenvalue weighted by molar-refractivity contribution is -0.141. The molecule has 0 saturated carbocycles. The van der Waals surface area contributed by atoms with E-state index in [2.05, 4.69) is 15.0 Å². The second-order valence-electron chi connectivity index (χ2n) is 5.07. The van der Waals surface area contributed by atoms with Gasteiger partial charge in [-0.25, -0.2) is 19.3 Å². The van der Waals surface area contributed by atoms with E-state index < -0.39 is 17.7 Å². The van der Waals surface area contributed by atoms with Gasteiger partial charge in [-0.15, -0.1) is 0 Å². The maximum Gasteiger partial charge on any atom is 0.433 e. The molecule has 2 aromatic heterocycles. The Morgan fingerprint density at radius 2 is 1.77 bits per heavy atom. The first-order valence-electron chi connectivity index (χ1n) is 7.23. The summed E-state index contributed by atoms with van der Waals surface area (Å²) in [5.74, 6) is -0.0952. The van der Waals surface area contributed by atoms with Crippen LogP contribution in [0.25, 0.3) is 11.1 Å². The van der Waals surface area contributed by atoms with Crippen LogP contribution in [0.4, 0.5) is 17.6 Å². The van der Waals surface area contributed by atoms with Crippen molar-refractivity contribution < 1.29 is 27.0 Å². The van der Waals surface area contributed by atoms with Crippen LogP contribution in [-0.4, -0.2) is 22.1 Å². The summed E-state index contributed by atoms with van der Waals surface area (Å²) in [5.41, 5.74) is -0.397. The van der Waals surface area contributed by atoms with Gasteiger partial charge in [0.05, 0.1) is 18.9 Å². The van der Waals surface area contributed by atoms with Gasteiger partial charge >= 0.3 is 6.18 Å². The van der Waals surface area contributed by atoms with E-state index in [1.807, 2.05) is 0 Å². The van der Waals surface area contributed by atoms with Gasteiger partial charge < -0.3 is 9.47 Å². The Morgan fingerprint density at radius 3 is 2.42 bits per heavy atom. The molecule has 0 aliphatic rings. The molecule has 134 valence electrons. The third-order valence-electron chi connectivity index (χ3n) is 3.37. The Kier molecular flexibility index (Phi) is 4.70. The largest absolute Gasteiger partial charge is 0.496 e. The van der Waals surface area contributed by atoms with E-state index in [0.29, 0.717) is 16.9 Å². The van der Waals surface area contributed by atoms with E-state index in [9.17, 15) is 17.6 Å². The van der Waals surface area contributed by atoms with Crippen molar-refractivity contribution in [2.24, 2.45) is 0 Å². The number of methoxy groups -OCH3 is 1. The molecule has 0 aliphatic heterocycles. The number of nitrogens with zero attached hydrogens (tertiary/aromatic N) is 3. The van der Waals surface area contributed by atoms with Gasteiger partial charge in [-0.3, -0.25) is 0 Å². The van der Waals surface area contributed by atoms with Crippen molar-refractivity contribution >= 4 is 0 Å². The zero-order valence-corrected chi connectivity index (χ0v) is 13.3. The van der Waals surface area contributed by atoms with E-state index in [1.54, 1.807) is 0 Å². The van der Waals surface area contributed by atoms with Gasteiger partial charge in [0.1, 0.15) is 29.3 Å². The fourth-order valence-electron chi connectivity index (χ4n) is 2.20. The summed E-state index contributed by atoms with van der Waals surface area (Å²) in [6, 6.07) is 5.78. The standard InChI is InChI=1S/C17H11F4N3O2/c1-25-14-4-2-10(18)6-12(14)13-8-22-9-24-16(13)26-11-3-5-15(23-7-11)17(19,20)21/h2-9H,1H3. The maximum atomic E-state index is 13.6. The van der Waals surface area contributed by atoms with Gasteiger partial charge in [-0.1, -0.05) is 0 Å². The summed E-state index contributed by atoms with van der Waals surface area (Å²) in [4.78, 5) is 11.2. The van der Waals surface area contributed by atoms with Gasteiger partial charge in [-0.2, -0.15) is 13.2 Å². The van der Waals surface area contributed by atoms with E-state index >= 15 is 0 Å². The van der Waals surface area contributed by atoms with Gasteiger partial charge in [0, 0.05) is 11.8 Å². The molecule has 0 aliphatic carbocycles. The molecule has 26 heavy (non-hydrogen) atoms. The molecule has 0 fully saturated rings. The minimum atomic E-state index is -4.55. The molecule has 9 heteroatoms. The lowest BCUT2D eigenvalue weighted by Crippen LogP contribution is -2.07. The molecular formula is C17H11F4N3O2. The SMILES string of the molecule is COc1ccc(F)cc1-c1cncnc1Oc1ccc(C(F)(F)F)nc1. The molecule has 1 aromatic carbocycles. The van der Waals surface area contributed by atoms with Crippen LogP contribution >= 0.6 is 0 Å². The number of benzene rings is 1. The summed E-state index contributed by atoms with van der Waals surface area (Å²) in [7, 11) is 1.42. The van der Waals surface area contributed by atoms with Crippen molar-refractivity contribution in [3.8, 4) is 28.5 Å². The number of aromatic nitrogens is 3. The van der Waals surface area contributed by atoms with Gasteiger partial charge in [0.25, 0.3) is 0 Å². The first-order chi connectivity index (χ1) is 12.4. The van der Waals surface area contributed by atoms with Crippen LogP contribution < -0.4 is 9.47 Å². The molecule has 0 radical (unpaired) electrons. The highest BCUT2D eigenvalue weighted by molar-refractivity contribution is 5.74. The van der Waals surface area contributed by atoms with E-state index in [1.165, 1.54) is 37.8 Å². The number of alkyl halides is 3. The number of pyridine rings is 1. The molecule has 0 saturated heterocycles. The average Bonchev–Trinajstić information content (AvgIpc) is 2.62. The highest BCUT2D eigenvalue weighted by Crippen LogP contribution is 2.37. The number of hydrogen-bond donors (Lipinski definition) is 0. The molecule has 2 heterocycles. The molecule has 3 rings (SSSR count). The molecule has 0 unspecified atom stereocenters. The first-order valence-corrected chi connectivity index (χ1v) is 7.23. The minimum absolute atomic E-state index is 0.0189. The fourth-order valence-corrected chi connectivity index (χ4v) is 2.20. The molecule has 3 aromatic rings. The van der Waals surface area contributed by atoms with Crippen molar-refractivity contribution in [3.05, 3.63) is 60.6 Å². The number of ether oxygens (including phenoxy) is 2. The molecular weight excluding hydrogens is 354 g/mol. The Hall–Kier alpha value is -3.23. The Labute approximate surface area is 145 Å². The van der Waals surface area contributed by atoms with E-state index in [4.69, 9.17) is 9.47 Å². The second-order valence-corrected chi connectivity index (χ2v) is 5.07. The van der Waals surface area contributed by atoms with Crippen LogP contribution in [0, 0.1) is 5.82 Å². The molecule has 5 nitrogen and oxygen atoms in total. The highest BCUT2D eigenvalue weighted by Gasteiger charge is 2.32. The van der Waals surface area contributed by atoms with Crippen LogP contribution in [0.15, 0.2) is 49.1 Å². The minimum Gasteiger partial charge on any atom is -0.496 e. The van der Waals surface area contributed by atoms with Crippen molar-refractivity contribution in [1.82, 2.24) is 15.0 Å². The molecule has 0 amide bonds. The van der Waals surface area contributed by atoms with Crippen molar-refractivity contribution in [3.63, 3.8) is 0 Å². The van der Waals surface area contributed by atoms with E-state index in [-0.39, 0.29) is 11.6 Å². The van der Waals surface area contributed by atoms with Gasteiger partial charge in [0.15, 0.2) is 0 Å². The quantitative estimate of drug-likeness (QED) is 0.638. The number of halogens is 4. The van der Waals surface area contributed by atoms with Crippen molar-refractivity contribution in [2.45, 2.75) is 6.18 Å². The average molecular weight is 365 g/mol. The monoisotopic (exact) mass is 365 g/mol. The normalized spacial score (nSPS) is 11.3. The zero-order valence-electron chi connectivity index (χ0n) is 13.3. The van der Waals surface area contributed by atoms with Gasteiger partial charge in [-0.05, 0) is 30.3 Å². The Morgan fingerprint density at radius 1 is 0.962 bits per heavy atom. The van der Waals surface area contributed by atoms with E-state index in [0.717, 1.165) is 18.3 Å². The molecule has 0 spiro atoms. The first kappa shape index (κ1) is 17.6. The molecule has 0 bridgehead atoms. The number of hydrogen-bond acceptors (Lipinski definition) is 5. The smallest absolute Gasteiger partial charge is 0.433 e. The van der Waals surface area contributed by atoms with Crippen molar-refractivity contribution in [1.29, 1.82) is 0 Å². The maximum absolute atomic E-state index is 13.6.